The Morgan fingerprint density at radius 1 is 0.630 bits per heavy atom. The van der Waals surface area contributed by atoms with Gasteiger partial charge < -0.3 is 40.4 Å². The Bertz CT molecular complexity index is 3540. The molecule has 0 aliphatic carbocycles. The van der Waals surface area contributed by atoms with Crippen LogP contribution in [0.2, 0.25) is 0 Å². The molecule has 73 heavy (non-hydrogen) atoms. The largest absolute Gasteiger partial charge is 0.493 e. The summed E-state index contributed by atoms with van der Waals surface area (Å²) in [4.78, 5) is 106. The van der Waals surface area contributed by atoms with Crippen molar-refractivity contribution < 1.29 is 58.7 Å². The van der Waals surface area contributed by atoms with Crippen LogP contribution in [0.25, 0.3) is 55.4 Å². The predicted octanol–water partition coefficient (Wildman–Crippen LogP) is 8.80. The second kappa shape index (κ2) is 18.5. The molecule has 18 heteroatoms. The van der Waals surface area contributed by atoms with E-state index in [4.69, 9.17) is 14.7 Å². The molecule has 0 atom stereocenters. The van der Waals surface area contributed by atoms with Crippen molar-refractivity contribution in [2.45, 2.75) is 64.2 Å². The fourth-order valence-corrected chi connectivity index (χ4v) is 9.56. The summed E-state index contributed by atoms with van der Waals surface area (Å²) in [7, 11) is 1.48. The lowest BCUT2D eigenvalue weighted by atomic mass is 9.85. The van der Waals surface area contributed by atoms with E-state index >= 15 is 0 Å². The highest BCUT2D eigenvalue weighted by atomic mass is 16.5. The molecule has 0 fully saturated rings. The minimum absolute atomic E-state index is 0.00435. The zero-order valence-corrected chi connectivity index (χ0v) is 40.2. The molecule has 0 radical (unpaired) electrons. The minimum Gasteiger partial charge on any atom is -0.493 e. The lowest BCUT2D eigenvalue weighted by molar-refractivity contribution is -0.137. The number of hydrogen-bond acceptors (Lipinski definition) is 10. The SMILES string of the molecule is COc1c2nc(cc3cc(-c4cc(C(=O)O)cc(C(=O)O)c4)c([nH]3)c(-c3cccc(NC(=O)CCCN4C(=O)C=CC4=O)c3)c3nc(cc4cc(-c5cc(C(=O)O)cc(C(=O)O)c5)c1[nH]4)C(C)(C)C3)C(C)(C)C2. The number of carbonyl (C=O) groups excluding carboxylic acids is 3. The van der Waals surface area contributed by atoms with Gasteiger partial charge in [0.25, 0.3) is 11.8 Å². The molecule has 3 aromatic carbocycles. The molecule has 3 aliphatic heterocycles. The Labute approximate surface area is 416 Å². The first-order chi connectivity index (χ1) is 34.6. The summed E-state index contributed by atoms with van der Waals surface area (Å²) in [6.45, 7) is 8.05. The average molecular weight is 985 g/mol. The summed E-state index contributed by atoms with van der Waals surface area (Å²) < 4.78 is 6.13. The maximum Gasteiger partial charge on any atom is 0.335 e. The van der Waals surface area contributed by atoms with Crippen LogP contribution in [0.15, 0.2) is 97.1 Å². The number of aromatic nitrogens is 4. The van der Waals surface area contributed by atoms with E-state index in [9.17, 15) is 54.0 Å². The quantitative estimate of drug-likeness (QED) is 0.0533. The van der Waals surface area contributed by atoms with Crippen molar-refractivity contribution in [1.82, 2.24) is 24.8 Å². The number of carboxylic acids is 4. The molecule has 0 spiro atoms. The van der Waals surface area contributed by atoms with Crippen molar-refractivity contribution in [3.63, 3.8) is 0 Å². The molecular weight excluding hydrogens is 937 g/mol. The van der Waals surface area contributed by atoms with Crippen molar-refractivity contribution in [1.29, 1.82) is 0 Å². The number of nitrogens with zero attached hydrogens (tertiary/aromatic N) is 3. The Kier molecular flexibility index (Phi) is 12.4. The smallest absolute Gasteiger partial charge is 0.335 e. The van der Waals surface area contributed by atoms with Crippen LogP contribution in [0.4, 0.5) is 5.69 Å². The van der Waals surface area contributed by atoms with E-state index in [2.05, 4.69) is 15.3 Å². The number of imide groups is 1. The maximum atomic E-state index is 13.4. The summed E-state index contributed by atoms with van der Waals surface area (Å²) in [5.74, 6) is -6.22. The van der Waals surface area contributed by atoms with Crippen molar-refractivity contribution in [2.75, 3.05) is 19.0 Å². The molecule has 7 N–H and O–H groups in total. The van der Waals surface area contributed by atoms with E-state index in [0.717, 1.165) is 17.0 Å². The van der Waals surface area contributed by atoms with Crippen LogP contribution in [-0.4, -0.2) is 101 Å². The number of hydrogen-bond donors (Lipinski definition) is 7. The third kappa shape index (κ3) is 9.57. The molecule has 3 aliphatic rings. The third-order valence-corrected chi connectivity index (χ3v) is 13.2. The van der Waals surface area contributed by atoms with Crippen LogP contribution in [0, 0.1) is 0 Å². The molecule has 18 nitrogen and oxygen atoms in total. The molecule has 9 rings (SSSR count). The first-order valence-corrected chi connectivity index (χ1v) is 23.1. The molecule has 3 amide bonds. The molecule has 6 aromatic rings. The molecule has 6 heterocycles. The maximum absolute atomic E-state index is 13.4. The molecule has 8 bridgehead atoms. The van der Waals surface area contributed by atoms with Gasteiger partial charge in [-0.2, -0.15) is 0 Å². The van der Waals surface area contributed by atoms with Gasteiger partial charge in [0, 0.05) is 93.6 Å². The van der Waals surface area contributed by atoms with Crippen molar-refractivity contribution >= 4 is 69.4 Å². The fourth-order valence-electron chi connectivity index (χ4n) is 9.56. The number of ether oxygens (including phenoxy) is 1. The summed E-state index contributed by atoms with van der Waals surface area (Å²) in [5.41, 5.74) is 4.87. The van der Waals surface area contributed by atoms with E-state index in [-0.39, 0.29) is 53.1 Å². The van der Waals surface area contributed by atoms with Crippen molar-refractivity contribution in [2.24, 2.45) is 0 Å². The van der Waals surface area contributed by atoms with E-state index < -0.39 is 46.5 Å². The number of carboxylic acid groups (broad SMARTS) is 4. The van der Waals surface area contributed by atoms with Gasteiger partial charge in [-0.15, -0.1) is 0 Å². The van der Waals surface area contributed by atoms with Gasteiger partial charge in [0.2, 0.25) is 5.91 Å². The van der Waals surface area contributed by atoms with Gasteiger partial charge in [0.15, 0.2) is 5.75 Å². The lowest BCUT2D eigenvalue weighted by Gasteiger charge is -2.17. The van der Waals surface area contributed by atoms with Gasteiger partial charge in [-0.1, -0.05) is 39.8 Å². The Morgan fingerprint density at radius 3 is 1.62 bits per heavy atom. The summed E-state index contributed by atoms with van der Waals surface area (Å²) in [6.07, 6.45) is 3.27. The Hall–Kier alpha value is -9.19. The standard InChI is InChI=1S/C55H48N6O12/c1-54(2)25-39-46(27-8-6-9-34(20-27)56-43(62)10-7-13-61-44(63)11-12-45(61)64)47-37(28-14-30(50(65)66)18-31(15-28)51(67)68)21-35(57-47)23-42-55(3,4)26-40(60-42)49(73-5)48-38(22-36(58-48)24-41(54)59-39)29-16-32(52(69)70)19-33(17-29)53(71)72/h6,8-9,11-12,14-24,57-58H,7,10,13,25-26H2,1-5H3,(H,56,62)(H,65,66)(H,67,68)(H,69,70)(H,71,72). The lowest BCUT2D eigenvalue weighted by Crippen LogP contribution is -2.31. The highest BCUT2D eigenvalue weighted by Crippen LogP contribution is 2.44. The highest BCUT2D eigenvalue weighted by molar-refractivity contribution is 6.13. The number of nitrogens with one attached hydrogen (secondary N) is 3. The normalized spacial score (nSPS) is 14.6. The monoisotopic (exact) mass is 984 g/mol. The van der Waals surface area contributed by atoms with Crippen LogP contribution in [0.3, 0.4) is 0 Å². The van der Waals surface area contributed by atoms with Crippen LogP contribution >= 0.6 is 0 Å². The molecule has 0 saturated heterocycles. The number of H-pyrrole nitrogens is 2. The number of aromatic amines is 2. The zero-order chi connectivity index (χ0) is 52.3. The van der Waals surface area contributed by atoms with E-state index in [1.165, 1.54) is 43.5 Å². The minimum atomic E-state index is -1.33. The van der Waals surface area contributed by atoms with Gasteiger partial charge in [0.05, 0.1) is 51.8 Å². The fraction of sp³-hybridized carbons (Fsp3) is 0.218. The van der Waals surface area contributed by atoms with Crippen LogP contribution < -0.4 is 10.1 Å². The predicted molar refractivity (Wildman–Crippen MR) is 269 cm³/mol. The number of anilines is 1. The van der Waals surface area contributed by atoms with Crippen LogP contribution in [-0.2, 0) is 38.1 Å². The van der Waals surface area contributed by atoms with Gasteiger partial charge in [0.1, 0.15) is 0 Å². The average Bonchev–Trinajstić information content (AvgIpc) is 4.14. The second-order valence-electron chi connectivity index (χ2n) is 19.4. The van der Waals surface area contributed by atoms with E-state index in [1.54, 1.807) is 30.3 Å². The number of methoxy groups -OCH3 is 1. The van der Waals surface area contributed by atoms with Gasteiger partial charge in [-0.05, 0) is 95.9 Å². The van der Waals surface area contributed by atoms with E-state index in [1.807, 2.05) is 45.9 Å². The molecule has 3 aromatic heterocycles. The Morgan fingerprint density at radius 2 is 1.11 bits per heavy atom. The third-order valence-electron chi connectivity index (χ3n) is 13.2. The van der Waals surface area contributed by atoms with Crippen LogP contribution in [0.1, 0.15) is 105 Å². The van der Waals surface area contributed by atoms with Crippen molar-refractivity contribution in [3.05, 3.63) is 142 Å². The number of rotatable bonds is 13. The van der Waals surface area contributed by atoms with Gasteiger partial charge >= 0.3 is 23.9 Å². The number of carbonyl (C=O) groups is 7. The first-order valence-electron chi connectivity index (χ1n) is 23.1. The summed E-state index contributed by atoms with van der Waals surface area (Å²) >= 11 is 0. The van der Waals surface area contributed by atoms with Crippen molar-refractivity contribution in [3.8, 4) is 39.1 Å². The van der Waals surface area contributed by atoms with Gasteiger partial charge in [-0.25, -0.2) is 19.2 Å². The van der Waals surface area contributed by atoms with Crippen LogP contribution in [0.5, 0.6) is 5.75 Å². The topological polar surface area (TPSA) is 282 Å². The first kappa shape index (κ1) is 48.8. The number of aromatic carboxylic acids is 4. The molecule has 0 saturated carbocycles. The number of fused-ring (bicyclic) bond motifs is 8. The summed E-state index contributed by atoms with van der Waals surface area (Å²) in [5, 5.41) is 43.5. The zero-order valence-electron chi connectivity index (χ0n) is 40.2. The number of amides is 3. The second-order valence-corrected chi connectivity index (χ2v) is 19.4. The van der Waals surface area contributed by atoms with Gasteiger partial charge in [-0.3, -0.25) is 29.3 Å². The molecule has 370 valence electrons. The summed E-state index contributed by atoms with van der Waals surface area (Å²) in [6, 6.07) is 22.1. The number of benzene rings is 3. The molecule has 0 unspecified atom stereocenters. The molecular formula is C55H48N6O12. The van der Waals surface area contributed by atoms with E-state index in [0.29, 0.717) is 96.9 Å². The Balaban J connectivity index is 1.34. The highest BCUT2D eigenvalue weighted by Gasteiger charge is 2.34.